The number of carbonyl (C=O) groups excluding carboxylic acids is 1. The van der Waals surface area contributed by atoms with Gasteiger partial charge in [0.1, 0.15) is 18.4 Å². The number of aromatic amines is 1. The summed E-state index contributed by atoms with van der Waals surface area (Å²) in [6.45, 7) is 0.210. The molecule has 0 radical (unpaired) electrons. The number of H-pyrrole nitrogens is 1. The normalized spacial score (nSPS) is 14.2. The molecule has 184 valence electrons. The van der Waals surface area contributed by atoms with Gasteiger partial charge in [-0.05, 0) is 34.7 Å². The molecule has 5 N–H and O–H groups in total. The molecular weight excluding hydrogens is 460 g/mol. The van der Waals surface area contributed by atoms with Crippen molar-refractivity contribution < 1.29 is 29.6 Å². The molecule has 0 saturated carbocycles. The third-order valence-electron chi connectivity index (χ3n) is 6.67. The van der Waals surface area contributed by atoms with Crippen molar-refractivity contribution in [1.29, 1.82) is 0 Å². The van der Waals surface area contributed by atoms with Crippen molar-refractivity contribution in [2.75, 3.05) is 13.2 Å². The van der Waals surface area contributed by atoms with E-state index in [4.69, 9.17) is 4.74 Å². The minimum atomic E-state index is -1.45. The monoisotopic (exact) mass is 486 g/mol. The number of nitrogens with one attached hydrogen (secondary N) is 2. The molecule has 4 aromatic rings. The van der Waals surface area contributed by atoms with Crippen molar-refractivity contribution in [2.45, 2.75) is 24.5 Å². The number of aliphatic hydroxyl groups is 2. The van der Waals surface area contributed by atoms with E-state index in [2.05, 4.69) is 22.4 Å². The second kappa shape index (κ2) is 9.85. The Balaban J connectivity index is 1.18. The number of rotatable bonds is 8. The average molecular weight is 487 g/mol. The molecule has 2 atom stereocenters. The highest BCUT2D eigenvalue weighted by Gasteiger charge is 2.30. The zero-order chi connectivity index (χ0) is 25.2. The van der Waals surface area contributed by atoms with E-state index in [0.717, 1.165) is 22.3 Å². The SMILES string of the molecule is O=C(NCCC(O)C(O)c1c(C(=O)O)[nH]c2ccccc12)OCC1c2ccccc2-c2ccccc21. The predicted molar refractivity (Wildman–Crippen MR) is 134 cm³/mol. The van der Waals surface area contributed by atoms with Crippen LogP contribution in [0.25, 0.3) is 22.0 Å². The van der Waals surface area contributed by atoms with Crippen molar-refractivity contribution in [3.05, 3.63) is 95.2 Å². The second-order valence-corrected chi connectivity index (χ2v) is 8.82. The van der Waals surface area contributed by atoms with Crippen LogP contribution in [0.15, 0.2) is 72.8 Å². The Labute approximate surface area is 207 Å². The largest absolute Gasteiger partial charge is 0.477 e. The first-order valence-corrected chi connectivity index (χ1v) is 11.7. The van der Waals surface area contributed by atoms with Crippen LogP contribution in [0.4, 0.5) is 4.79 Å². The van der Waals surface area contributed by atoms with Crippen LogP contribution in [0.5, 0.6) is 0 Å². The van der Waals surface area contributed by atoms with Gasteiger partial charge in [-0.25, -0.2) is 9.59 Å². The van der Waals surface area contributed by atoms with Gasteiger partial charge >= 0.3 is 12.1 Å². The van der Waals surface area contributed by atoms with E-state index in [0.29, 0.717) is 10.9 Å². The van der Waals surface area contributed by atoms with E-state index in [1.54, 1.807) is 24.3 Å². The molecule has 3 aromatic carbocycles. The van der Waals surface area contributed by atoms with E-state index in [-0.39, 0.29) is 36.7 Å². The number of aromatic nitrogens is 1. The second-order valence-electron chi connectivity index (χ2n) is 8.82. The molecule has 1 aliphatic carbocycles. The van der Waals surface area contributed by atoms with Gasteiger partial charge in [-0.3, -0.25) is 0 Å². The number of hydrogen-bond acceptors (Lipinski definition) is 5. The first kappa shape index (κ1) is 23.6. The topological polar surface area (TPSA) is 132 Å². The minimum absolute atomic E-state index is 0.00390. The molecule has 1 aliphatic rings. The van der Waals surface area contributed by atoms with Gasteiger partial charge in [0.05, 0.1) is 6.10 Å². The maximum absolute atomic E-state index is 12.4. The predicted octanol–water partition coefficient (Wildman–Crippen LogP) is 4.19. The molecule has 8 nitrogen and oxygen atoms in total. The summed E-state index contributed by atoms with van der Waals surface area (Å²) < 4.78 is 5.49. The highest BCUT2D eigenvalue weighted by atomic mass is 16.5. The fraction of sp³-hybridized carbons (Fsp3) is 0.214. The molecule has 0 spiro atoms. The van der Waals surface area contributed by atoms with Gasteiger partial charge in [0, 0.05) is 28.9 Å². The van der Waals surface area contributed by atoms with Crippen LogP contribution in [0.1, 0.15) is 45.6 Å². The summed E-state index contributed by atoms with van der Waals surface area (Å²) in [5.41, 5.74) is 4.98. The van der Waals surface area contributed by atoms with Gasteiger partial charge < -0.3 is 30.4 Å². The smallest absolute Gasteiger partial charge is 0.407 e. The van der Waals surface area contributed by atoms with Crippen LogP contribution in [0.2, 0.25) is 0 Å². The summed E-state index contributed by atoms with van der Waals surface area (Å²) >= 11 is 0. The van der Waals surface area contributed by atoms with Gasteiger partial charge in [0.15, 0.2) is 0 Å². The summed E-state index contributed by atoms with van der Waals surface area (Å²) in [6.07, 6.45) is -3.37. The fourth-order valence-electron chi connectivity index (χ4n) is 4.96. The molecule has 36 heavy (non-hydrogen) atoms. The maximum Gasteiger partial charge on any atom is 0.407 e. The zero-order valence-corrected chi connectivity index (χ0v) is 19.3. The number of fused-ring (bicyclic) bond motifs is 4. The third-order valence-corrected chi connectivity index (χ3v) is 6.67. The van der Waals surface area contributed by atoms with E-state index in [1.165, 1.54) is 0 Å². The number of carbonyl (C=O) groups is 2. The minimum Gasteiger partial charge on any atom is -0.477 e. The Hall–Kier alpha value is -4.14. The number of amides is 1. The lowest BCUT2D eigenvalue weighted by Gasteiger charge is -2.19. The number of aromatic carboxylic acids is 1. The third kappa shape index (κ3) is 4.32. The number of hydrogen-bond donors (Lipinski definition) is 5. The molecular formula is C28H26N2O6. The van der Waals surface area contributed by atoms with Crippen LogP contribution < -0.4 is 5.32 Å². The molecule has 2 unspecified atom stereocenters. The summed E-state index contributed by atoms with van der Waals surface area (Å²) in [7, 11) is 0. The van der Waals surface area contributed by atoms with Crippen molar-refractivity contribution in [1.82, 2.24) is 10.3 Å². The quantitative estimate of drug-likeness (QED) is 0.254. The Morgan fingerprint density at radius 2 is 1.53 bits per heavy atom. The summed E-state index contributed by atoms with van der Waals surface area (Å²) in [5, 5.41) is 33.9. The van der Waals surface area contributed by atoms with Gasteiger partial charge in [-0.1, -0.05) is 66.7 Å². The molecule has 1 amide bonds. The molecule has 0 fully saturated rings. The number of carboxylic acids is 1. The lowest BCUT2D eigenvalue weighted by molar-refractivity contribution is 0.0136. The number of benzene rings is 3. The lowest BCUT2D eigenvalue weighted by Crippen LogP contribution is -2.31. The van der Waals surface area contributed by atoms with E-state index >= 15 is 0 Å². The molecule has 0 aliphatic heterocycles. The fourth-order valence-corrected chi connectivity index (χ4v) is 4.96. The molecule has 5 rings (SSSR count). The van der Waals surface area contributed by atoms with Gasteiger partial charge in [0.2, 0.25) is 0 Å². The maximum atomic E-state index is 12.4. The number of aliphatic hydroxyl groups excluding tert-OH is 2. The summed E-state index contributed by atoms with van der Waals surface area (Å²) in [5.74, 6) is -1.30. The number of ether oxygens (including phenoxy) is 1. The standard InChI is InChI=1S/C28H26N2O6/c31-23(26(32)24-20-11-5-6-12-22(20)30-25(24)27(33)34)13-14-29-28(35)36-15-21-18-9-3-1-7-16(18)17-8-2-4-10-19(17)21/h1-12,21,23,26,30-32H,13-15H2,(H,29,35)(H,33,34). The summed E-state index contributed by atoms with van der Waals surface area (Å²) in [6, 6.07) is 22.9. The van der Waals surface area contributed by atoms with E-state index < -0.39 is 24.3 Å². The first-order chi connectivity index (χ1) is 17.5. The van der Waals surface area contributed by atoms with Crippen molar-refractivity contribution in [3.63, 3.8) is 0 Å². The van der Waals surface area contributed by atoms with E-state index in [9.17, 15) is 24.9 Å². The van der Waals surface area contributed by atoms with Crippen LogP contribution in [-0.4, -0.2) is 51.6 Å². The Bertz CT molecular complexity index is 1380. The van der Waals surface area contributed by atoms with Crippen LogP contribution in [0.3, 0.4) is 0 Å². The molecule has 0 saturated heterocycles. The van der Waals surface area contributed by atoms with Crippen LogP contribution in [0, 0.1) is 0 Å². The average Bonchev–Trinajstić information content (AvgIpc) is 3.43. The van der Waals surface area contributed by atoms with Gasteiger partial charge in [-0.15, -0.1) is 0 Å². The summed E-state index contributed by atoms with van der Waals surface area (Å²) in [4.78, 5) is 26.8. The number of alkyl carbamates (subject to hydrolysis) is 1. The van der Waals surface area contributed by atoms with Gasteiger partial charge in [-0.2, -0.15) is 0 Å². The number of para-hydroxylation sites is 1. The van der Waals surface area contributed by atoms with Crippen molar-refractivity contribution in [2.24, 2.45) is 0 Å². The molecule has 1 heterocycles. The molecule has 0 bridgehead atoms. The molecule has 8 heteroatoms. The Morgan fingerprint density at radius 3 is 2.19 bits per heavy atom. The Morgan fingerprint density at radius 1 is 0.917 bits per heavy atom. The number of carboxylic acid groups (broad SMARTS) is 1. The lowest BCUT2D eigenvalue weighted by atomic mass is 9.98. The van der Waals surface area contributed by atoms with Crippen molar-refractivity contribution in [3.8, 4) is 11.1 Å². The van der Waals surface area contributed by atoms with Crippen LogP contribution in [-0.2, 0) is 4.74 Å². The zero-order valence-electron chi connectivity index (χ0n) is 19.3. The Kier molecular flexibility index (Phi) is 6.45. The highest BCUT2D eigenvalue weighted by Crippen LogP contribution is 2.44. The van der Waals surface area contributed by atoms with Crippen molar-refractivity contribution >= 4 is 23.0 Å². The van der Waals surface area contributed by atoms with Gasteiger partial charge in [0.25, 0.3) is 0 Å². The molecule has 1 aromatic heterocycles. The highest BCUT2D eigenvalue weighted by molar-refractivity contribution is 5.97. The van der Waals surface area contributed by atoms with E-state index in [1.807, 2.05) is 36.4 Å². The first-order valence-electron chi connectivity index (χ1n) is 11.7. The van der Waals surface area contributed by atoms with Crippen LogP contribution >= 0.6 is 0 Å².